The number of aromatic nitrogens is 3. The van der Waals surface area contributed by atoms with Crippen molar-refractivity contribution in [1.29, 1.82) is 0 Å². The first kappa shape index (κ1) is 19.5. The van der Waals surface area contributed by atoms with Crippen LogP contribution in [0.15, 0.2) is 18.3 Å². The van der Waals surface area contributed by atoms with E-state index in [4.69, 9.17) is 0 Å². The van der Waals surface area contributed by atoms with Crippen LogP contribution < -0.4 is 10.2 Å². The Balaban J connectivity index is 1.52. The van der Waals surface area contributed by atoms with E-state index in [0.29, 0.717) is 36.9 Å². The number of aryl methyl sites for hydroxylation is 1. The first-order valence-electron chi connectivity index (χ1n) is 8.78. The van der Waals surface area contributed by atoms with Crippen LogP contribution in [0.1, 0.15) is 36.8 Å². The monoisotopic (exact) mass is 399 g/mol. The summed E-state index contributed by atoms with van der Waals surface area (Å²) in [4.78, 5) is 18.2. The lowest BCUT2D eigenvalue weighted by Crippen LogP contribution is -2.38. The minimum absolute atomic E-state index is 0.0887. The van der Waals surface area contributed by atoms with Crippen molar-refractivity contribution in [2.75, 3.05) is 23.3 Å². The Morgan fingerprint density at radius 1 is 1.30 bits per heavy atom. The predicted octanol–water partition coefficient (Wildman–Crippen LogP) is 3.76. The maximum Gasteiger partial charge on any atom is 0.417 e. The van der Waals surface area contributed by atoms with Gasteiger partial charge in [0.25, 0.3) is 0 Å². The molecule has 0 unspecified atom stereocenters. The number of nitrogens with one attached hydrogen (secondary N) is 1. The van der Waals surface area contributed by atoms with Crippen molar-refractivity contribution in [3.8, 4) is 0 Å². The SMILES string of the molecule is CCCc1nnc(NC(=O)C2CCN(c3ccc(C(F)(F)F)cn3)CC2)s1. The highest BCUT2D eigenvalue weighted by molar-refractivity contribution is 7.15. The first-order valence-corrected chi connectivity index (χ1v) is 9.60. The van der Waals surface area contributed by atoms with E-state index in [0.717, 1.165) is 30.1 Å². The fourth-order valence-electron chi connectivity index (χ4n) is 2.94. The number of rotatable bonds is 5. The lowest BCUT2D eigenvalue weighted by molar-refractivity contribution is -0.137. The number of pyridine rings is 1. The molecule has 3 heterocycles. The van der Waals surface area contributed by atoms with E-state index in [1.165, 1.54) is 17.4 Å². The van der Waals surface area contributed by atoms with Gasteiger partial charge in [0, 0.05) is 31.6 Å². The third-order valence-corrected chi connectivity index (χ3v) is 5.32. The van der Waals surface area contributed by atoms with E-state index in [1.54, 1.807) is 0 Å². The van der Waals surface area contributed by atoms with Crippen LogP contribution >= 0.6 is 11.3 Å². The Morgan fingerprint density at radius 2 is 2.04 bits per heavy atom. The number of amides is 1. The van der Waals surface area contributed by atoms with Gasteiger partial charge in [-0.05, 0) is 31.4 Å². The van der Waals surface area contributed by atoms with Gasteiger partial charge in [0.05, 0.1) is 5.56 Å². The van der Waals surface area contributed by atoms with Gasteiger partial charge in [-0.25, -0.2) is 4.98 Å². The minimum atomic E-state index is -4.39. The molecule has 27 heavy (non-hydrogen) atoms. The van der Waals surface area contributed by atoms with Crippen LogP contribution in [0.4, 0.5) is 24.1 Å². The molecule has 3 rings (SSSR count). The maximum atomic E-state index is 12.6. The van der Waals surface area contributed by atoms with Crippen molar-refractivity contribution in [2.45, 2.75) is 38.8 Å². The highest BCUT2D eigenvalue weighted by Gasteiger charge is 2.31. The van der Waals surface area contributed by atoms with Gasteiger partial charge in [-0.15, -0.1) is 10.2 Å². The number of anilines is 2. The van der Waals surface area contributed by atoms with Crippen molar-refractivity contribution in [2.24, 2.45) is 5.92 Å². The number of alkyl halides is 3. The van der Waals surface area contributed by atoms with Gasteiger partial charge in [-0.2, -0.15) is 13.2 Å². The number of hydrogen-bond acceptors (Lipinski definition) is 6. The summed E-state index contributed by atoms with van der Waals surface area (Å²) in [5.41, 5.74) is -0.764. The zero-order valence-electron chi connectivity index (χ0n) is 14.8. The lowest BCUT2D eigenvalue weighted by atomic mass is 9.96. The van der Waals surface area contributed by atoms with Crippen molar-refractivity contribution < 1.29 is 18.0 Å². The fraction of sp³-hybridized carbons (Fsp3) is 0.529. The smallest absolute Gasteiger partial charge is 0.357 e. The summed E-state index contributed by atoms with van der Waals surface area (Å²) in [6, 6.07) is 2.41. The average molecular weight is 399 g/mol. The molecule has 0 bridgehead atoms. The number of carbonyl (C=O) groups is 1. The summed E-state index contributed by atoms with van der Waals surface area (Å²) in [5.74, 6) is 0.249. The molecule has 10 heteroatoms. The number of halogens is 3. The third kappa shape index (κ3) is 4.94. The average Bonchev–Trinajstić information content (AvgIpc) is 3.08. The van der Waals surface area contributed by atoms with Crippen LogP contribution in [-0.2, 0) is 17.4 Å². The van der Waals surface area contributed by atoms with E-state index in [-0.39, 0.29) is 11.8 Å². The Labute approximate surface area is 158 Å². The summed E-state index contributed by atoms with van der Waals surface area (Å²) in [7, 11) is 0. The van der Waals surface area contributed by atoms with Gasteiger partial charge in [0.1, 0.15) is 10.8 Å². The topological polar surface area (TPSA) is 71.0 Å². The second kappa shape index (κ2) is 8.20. The molecule has 0 atom stereocenters. The van der Waals surface area contributed by atoms with Crippen LogP contribution in [0.3, 0.4) is 0 Å². The summed E-state index contributed by atoms with van der Waals surface area (Å²) < 4.78 is 37.9. The maximum absolute atomic E-state index is 12.6. The van der Waals surface area contributed by atoms with Crippen molar-refractivity contribution >= 4 is 28.2 Å². The van der Waals surface area contributed by atoms with Gasteiger partial charge < -0.3 is 10.2 Å². The third-order valence-electron chi connectivity index (χ3n) is 4.43. The molecule has 0 saturated carbocycles. The fourth-order valence-corrected chi connectivity index (χ4v) is 3.78. The normalized spacial score (nSPS) is 15.8. The highest BCUT2D eigenvalue weighted by Crippen LogP contribution is 2.30. The van der Waals surface area contributed by atoms with Crippen molar-refractivity contribution in [3.63, 3.8) is 0 Å². The molecule has 0 spiro atoms. The Kier molecular flexibility index (Phi) is 5.93. The van der Waals surface area contributed by atoms with Gasteiger partial charge in [0.15, 0.2) is 0 Å². The van der Waals surface area contributed by atoms with E-state index in [9.17, 15) is 18.0 Å². The molecule has 1 saturated heterocycles. The second-order valence-corrected chi connectivity index (χ2v) is 7.47. The molecule has 0 radical (unpaired) electrons. The first-order chi connectivity index (χ1) is 12.9. The molecule has 1 aliphatic rings. The zero-order valence-corrected chi connectivity index (χ0v) is 15.6. The lowest BCUT2D eigenvalue weighted by Gasteiger charge is -2.32. The molecular weight excluding hydrogens is 379 g/mol. The number of hydrogen-bond donors (Lipinski definition) is 1. The van der Waals surface area contributed by atoms with E-state index >= 15 is 0 Å². The van der Waals surface area contributed by atoms with E-state index < -0.39 is 11.7 Å². The minimum Gasteiger partial charge on any atom is -0.357 e. The standard InChI is InChI=1S/C17H20F3N5OS/c1-2-3-14-23-24-16(27-14)22-15(26)11-6-8-25(9-7-11)13-5-4-12(10-21-13)17(18,19)20/h4-5,10-11H,2-3,6-9H2,1H3,(H,22,24,26). The molecule has 1 amide bonds. The van der Waals surface area contributed by atoms with Gasteiger partial charge >= 0.3 is 6.18 Å². The molecule has 1 aliphatic heterocycles. The molecule has 2 aromatic rings. The Morgan fingerprint density at radius 3 is 2.63 bits per heavy atom. The molecule has 1 fully saturated rings. The van der Waals surface area contributed by atoms with Gasteiger partial charge in [-0.1, -0.05) is 18.3 Å². The summed E-state index contributed by atoms with van der Waals surface area (Å²) in [6.07, 6.45) is -0.523. The van der Waals surface area contributed by atoms with Crippen LogP contribution in [0, 0.1) is 5.92 Å². The van der Waals surface area contributed by atoms with Crippen LogP contribution in [0.5, 0.6) is 0 Å². The van der Waals surface area contributed by atoms with Gasteiger partial charge in [0.2, 0.25) is 11.0 Å². The van der Waals surface area contributed by atoms with Crippen molar-refractivity contribution in [1.82, 2.24) is 15.2 Å². The van der Waals surface area contributed by atoms with Crippen LogP contribution in [0.25, 0.3) is 0 Å². The molecule has 2 aromatic heterocycles. The van der Waals surface area contributed by atoms with Crippen molar-refractivity contribution in [3.05, 3.63) is 28.9 Å². The number of nitrogens with zero attached hydrogens (tertiary/aromatic N) is 4. The van der Waals surface area contributed by atoms with E-state index in [1.807, 2.05) is 4.90 Å². The summed E-state index contributed by atoms with van der Waals surface area (Å²) in [6.45, 7) is 3.18. The quantitative estimate of drug-likeness (QED) is 0.829. The van der Waals surface area contributed by atoms with Gasteiger partial charge in [-0.3, -0.25) is 4.79 Å². The Hall–Kier alpha value is -2.23. The molecular formula is C17H20F3N5OS. The molecule has 1 N–H and O–H groups in total. The summed E-state index contributed by atoms with van der Waals surface area (Å²) >= 11 is 1.38. The van der Waals surface area contributed by atoms with E-state index in [2.05, 4.69) is 27.4 Å². The molecule has 0 aliphatic carbocycles. The van der Waals surface area contributed by atoms with Crippen LogP contribution in [-0.4, -0.2) is 34.2 Å². The summed E-state index contributed by atoms with van der Waals surface area (Å²) in [5, 5.41) is 12.2. The molecule has 0 aromatic carbocycles. The largest absolute Gasteiger partial charge is 0.417 e. The molecule has 6 nitrogen and oxygen atoms in total. The van der Waals surface area contributed by atoms with Crippen LogP contribution in [0.2, 0.25) is 0 Å². The number of carbonyl (C=O) groups excluding carboxylic acids is 1. The molecule has 146 valence electrons. The zero-order chi connectivity index (χ0) is 19.4. The second-order valence-electron chi connectivity index (χ2n) is 6.40. The Bertz CT molecular complexity index is 770. The predicted molar refractivity (Wildman–Crippen MR) is 96.7 cm³/mol. The number of piperidine rings is 1. The highest BCUT2D eigenvalue weighted by atomic mass is 32.1.